The Kier molecular flexibility index (Phi) is 5.21. The lowest BCUT2D eigenvalue weighted by atomic mass is 9.87. The van der Waals surface area contributed by atoms with E-state index in [1.165, 1.54) is 4.57 Å². The van der Waals surface area contributed by atoms with Gasteiger partial charge in [0.05, 0.1) is 9.22 Å². The molecule has 1 saturated heterocycles. The molecule has 2 heterocycles. The molecule has 0 spiro atoms. The van der Waals surface area contributed by atoms with Crippen molar-refractivity contribution in [3.8, 4) is 0 Å². The molecule has 0 radical (unpaired) electrons. The SMILES string of the molecule is CCN1CC[C@H](c2c(I)n(CC(F)(F)F)c3cccc(N)c23)[C@H](F)C1. The van der Waals surface area contributed by atoms with Gasteiger partial charge in [0.2, 0.25) is 0 Å². The van der Waals surface area contributed by atoms with Gasteiger partial charge in [-0.2, -0.15) is 13.2 Å². The predicted molar refractivity (Wildman–Crippen MR) is 99.5 cm³/mol. The average molecular weight is 469 g/mol. The maximum Gasteiger partial charge on any atom is 0.406 e. The summed E-state index contributed by atoms with van der Waals surface area (Å²) in [6.07, 6.45) is -4.90. The van der Waals surface area contributed by atoms with Crippen LogP contribution in [0.15, 0.2) is 18.2 Å². The van der Waals surface area contributed by atoms with Gasteiger partial charge in [0.15, 0.2) is 0 Å². The lowest BCUT2D eigenvalue weighted by Crippen LogP contribution is -2.40. The number of fused-ring (bicyclic) bond motifs is 1. The molecule has 1 aromatic heterocycles. The summed E-state index contributed by atoms with van der Waals surface area (Å²) in [6, 6.07) is 4.92. The van der Waals surface area contributed by atoms with E-state index in [4.69, 9.17) is 5.73 Å². The van der Waals surface area contributed by atoms with Crippen LogP contribution in [0.4, 0.5) is 23.2 Å². The van der Waals surface area contributed by atoms with Gasteiger partial charge in [-0.15, -0.1) is 0 Å². The number of likely N-dealkylation sites (tertiary alicyclic amines) is 1. The van der Waals surface area contributed by atoms with Crippen molar-refractivity contribution < 1.29 is 17.6 Å². The van der Waals surface area contributed by atoms with Crippen LogP contribution in [0, 0.1) is 3.70 Å². The minimum atomic E-state index is -4.35. The molecule has 3 nitrogen and oxygen atoms in total. The Bertz CT molecular complexity index is 771. The largest absolute Gasteiger partial charge is 0.406 e. The molecule has 0 bridgehead atoms. The van der Waals surface area contributed by atoms with Crippen molar-refractivity contribution in [3.05, 3.63) is 27.5 Å². The molecule has 2 N–H and O–H groups in total. The predicted octanol–water partition coefficient (Wildman–Crippen LogP) is 4.54. The van der Waals surface area contributed by atoms with E-state index in [9.17, 15) is 17.6 Å². The first kappa shape index (κ1) is 18.8. The Labute approximate surface area is 157 Å². The maximum absolute atomic E-state index is 14.8. The summed E-state index contributed by atoms with van der Waals surface area (Å²) in [7, 11) is 0. The van der Waals surface area contributed by atoms with Gasteiger partial charge >= 0.3 is 6.18 Å². The van der Waals surface area contributed by atoms with Crippen molar-refractivity contribution in [1.82, 2.24) is 9.47 Å². The Hall–Kier alpha value is -1.03. The Morgan fingerprint density at radius 2 is 2.04 bits per heavy atom. The highest BCUT2D eigenvalue weighted by Gasteiger charge is 2.36. The number of piperidine rings is 1. The smallest absolute Gasteiger partial charge is 0.398 e. The number of hydrogen-bond acceptors (Lipinski definition) is 2. The van der Waals surface area contributed by atoms with E-state index in [2.05, 4.69) is 0 Å². The number of nitrogens with two attached hydrogens (primary N) is 1. The fourth-order valence-corrected chi connectivity index (χ4v) is 4.78. The number of hydrogen-bond donors (Lipinski definition) is 1. The monoisotopic (exact) mass is 469 g/mol. The zero-order valence-corrected chi connectivity index (χ0v) is 15.9. The van der Waals surface area contributed by atoms with Crippen molar-refractivity contribution in [2.75, 3.05) is 25.4 Å². The molecule has 0 saturated carbocycles. The van der Waals surface area contributed by atoms with Gasteiger partial charge in [0, 0.05) is 23.5 Å². The molecule has 0 unspecified atom stereocenters. The van der Waals surface area contributed by atoms with Crippen LogP contribution >= 0.6 is 22.6 Å². The third-order valence-corrected chi connectivity index (χ3v) is 6.04. The van der Waals surface area contributed by atoms with Gasteiger partial charge in [-0.3, -0.25) is 0 Å². The third kappa shape index (κ3) is 3.60. The summed E-state index contributed by atoms with van der Waals surface area (Å²) in [4.78, 5) is 2.02. The number of halogens is 5. The lowest BCUT2D eigenvalue weighted by molar-refractivity contribution is -0.140. The first-order chi connectivity index (χ1) is 11.7. The topological polar surface area (TPSA) is 34.2 Å². The standard InChI is InChI=1S/C17H20F4IN3/c1-2-24-7-6-10(11(18)8-24)14-15-12(23)4-3-5-13(15)25(16(14)22)9-17(19,20)21/h3-5,10-11H,2,6-9,23H2,1H3/t10-,11+/m0/s1. The average Bonchev–Trinajstić information content (AvgIpc) is 2.80. The van der Waals surface area contributed by atoms with Gasteiger partial charge in [-0.05, 0) is 59.8 Å². The molecule has 1 aliphatic rings. The van der Waals surface area contributed by atoms with Gasteiger partial charge in [-0.1, -0.05) is 13.0 Å². The number of rotatable bonds is 3. The second-order valence-corrected chi connectivity index (χ2v) is 7.47. The minimum absolute atomic E-state index is 0.302. The first-order valence-electron chi connectivity index (χ1n) is 8.22. The van der Waals surface area contributed by atoms with E-state index in [0.717, 1.165) is 13.1 Å². The molecule has 8 heteroatoms. The fraction of sp³-hybridized carbons (Fsp3) is 0.529. The van der Waals surface area contributed by atoms with Crippen molar-refractivity contribution in [2.45, 2.75) is 38.2 Å². The van der Waals surface area contributed by atoms with Crippen LogP contribution in [-0.2, 0) is 6.54 Å². The minimum Gasteiger partial charge on any atom is -0.398 e. The Morgan fingerprint density at radius 1 is 1.32 bits per heavy atom. The maximum atomic E-state index is 14.8. The summed E-state index contributed by atoms with van der Waals surface area (Å²) in [5.41, 5.74) is 7.52. The molecule has 25 heavy (non-hydrogen) atoms. The highest BCUT2D eigenvalue weighted by atomic mass is 127. The summed E-state index contributed by atoms with van der Waals surface area (Å²) in [6.45, 7) is 2.68. The molecular weight excluding hydrogens is 449 g/mol. The summed E-state index contributed by atoms with van der Waals surface area (Å²) >= 11 is 1.90. The molecule has 1 fully saturated rings. The summed E-state index contributed by atoms with van der Waals surface area (Å²) in [5.74, 6) is -0.434. The fourth-order valence-electron chi connectivity index (χ4n) is 3.68. The molecule has 1 aromatic carbocycles. The molecule has 0 aliphatic carbocycles. The first-order valence-corrected chi connectivity index (χ1v) is 9.30. The molecular formula is C17H20F4IN3. The zero-order valence-electron chi connectivity index (χ0n) is 13.8. The lowest BCUT2D eigenvalue weighted by Gasteiger charge is -2.34. The third-order valence-electron chi connectivity index (χ3n) is 4.88. The van der Waals surface area contributed by atoms with Gasteiger partial charge in [0.1, 0.15) is 12.7 Å². The quantitative estimate of drug-likeness (QED) is 0.407. The van der Waals surface area contributed by atoms with Crippen LogP contribution in [-0.4, -0.2) is 41.4 Å². The summed E-state index contributed by atoms with van der Waals surface area (Å²) in [5, 5.41) is 0.564. The number of benzene rings is 1. The second-order valence-electron chi connectivity index (χ2n) is 6.45. The van der Waals surface area contributed by atoms with Crippen molar-refractivity contribution in [3.63, 3.8) is 0 Å². The number of alkyl halides is 4. The van der Waals surface area contributed by atoms with Crippen LogP contribution in [0.5, 0.6) is 0 Å². The van der Waals surface area contributed by atoms with Crippen LogP contribution < -0.4 is 5.73 Å². The van der Waals surface area contributed by atoms with Crippen molar-refractivity contribution in [1.29, 1.82) is 0 Å². The van der Waals surface area contributed by atoms with Gasteiger partial charge < -0.3 is 15.2 Å². The van der Waals surface area contributed by atoms with Gasteiger partial charge in [-0.25, -0.2) is 4.39 Å². The van der Waals surface area contributed by atoms with Crippen LogP contribution in [0.25, 0.3) is 10.9 Å². The van der Waals surface area contributed by atoms with Gasteiger partial charge in [0.25, 0.3) is 0 Å². The molecule has 1 aliphatic heterocycles. The van der Waals surface area contributed by atoms with Crippen molar-refractivity contribution in [2.24, 2.45) is 0 Å². The molecule has 2 atom stereocenters. The molecule has 0 amide bonds. The highest BCUT2D eigenvalue weighted by molar-refractivity contribution is 14.1. The van der Waals surface area contributed by atoms with E-state index < -0.39 is 24.8 Å². The van der Waals surface area contributed by atoms with Crippen LogP contribution in [0.1, 0.15) is 24.8 Å². The number of anilines is 1. The molecule has 3 rings (SSSR count). The second kappa shape index (κ2) is 6.94. The van der Waals surface area contributed by atoms with E-state index >= 15 is 0 Å². The van der Waals surface area contributed by atoms with Crippen LogP contribution in [0.3, 0.4) is 0 Å². The Balaban J connectivity index is 2.13. The number of nitrogen functional groups attached to an aromatic ring is 1. The van der Waals surface area contributed by atoms with Crippen molar-refractivity contribution >= 4 is 39.2 Å². The summed E-state index contributed by atoms with van der Waals surface area (Å²) < 4.78 is 55.6. The van der Waals surface area contributed by atoms with E-state index in [0.29, 0.717) is 38.8 Å². The van der Waals surface area contributed by atoms with E-state index in [-0.39, 0.29) is 0 Å². The van der Waals surface area contributed by atoms with E-state index in [1.54, 1.807) is 18.2 Å². The molecule has 2 aromatic rings. The normalized spacial score (nSPS) is 22.6. The number of aromatic nitrogens is 1. The number of nitrogens with zero attached hydrogens (tertiary/aromatic N) is 2. The molecule has 138 valence electrons. The highest BCUT2D eigenvalue weighted by Crippen LogP contribution is 2.42. The Morgan fingerprint density at radius 3 is 2.64 bits per heavy atom. The zero-order chi connectivity index (χ0) is 18.4. The van der Waals surface area contributed by atoms with E-state index in [1.807, 2.05) is 34.4 Å². The van der Waals surface area contributed by atoms with Crippen LogP contribution in [0.2, 0.25) is 0 Å².